The number of anilines is 2. The zero-order valence-electron chi connectivity index (χ0n) is 21.6. The molecule has 0 unspecified atom stereocenters. The lowest BCUT2D eigenvalue weighted by Crippen LogP contribution is -2.27. The van der Waals surface area contributed by atoms with Crippen LogP contribution in [0.15, 0.2) is 59.5 Å². The summed E-state index contributed by atoms with van der Waals surface area (Å²) in [6.07, 6.45) is 0.904. The molecule has 2 fully saturated rings. The molecule has 0 spiro atoms. The molecule has 1 aliphatic heterocycles. The number of hydrogen-bond donors (Lipinski definition) is 3. The number of fused-ring (bicyclic) bond motifs is 1. The number of aromatic nitrogens is 4. The van der Waals surface area contributed by atoms with E-state index in [0.717, 1.165) is 61.5 Å². The van der Waals surface area contributed by atoms with Crippen LogP contribution in [0, 0.1) is 0 Å². The van der Waals surface area contributed by atoms with Crippen molar-refractivity contribution < 1.29 is 27.9 Å². The second-order valence-electron chi connectivity index (χ2n) is 9.73. The number of rotatable bonds is 5. The van der Waals surface area contributed by atoms with Gasteiger partial charge in [0.1, 0.15) is 5.82 Å². The van der Waals surface area contributed by atoms with Gasteiger partial charge in [-0.1, -0.05) is 6.07 Å². The molecule has 212 valence electrons. The molecular weight excluding hydrogens is 541 g/mol. The van der Waals surface area contributed by atoms with Gasteiger partial charge < -0.3 is 20.3 Å². The van der Waals surface area contributed by atoms with Crippen LogP contribution in [0.2, 0.25) is 0 Å². The smallest absolute Gasteiger partial charge is 0.475 e. The van der Waals surface area contributed by atoms with Gasteiger partial charge in [0.15, 0.2) is 0 Å². The number of carboxylic acids is 1. The van der Waals surface area contributed by atoms with Crippen LogP contribution in [0.4, 0.5) is 24.8 Å². The van der Waals surface area contributed by atoms with E-state index in [9.17, 15) is 22.8 Å². The van der Waals surface area contributed by atoms with Crippen molar-refractivity contribution in [1.82, 2.24) is 24.8 Å². The van der Waals surface area contributed by atoms with Gasteiger partial charge in [-0.3, -0.25) is 9.59 Å². The molecule has 1 saturated heterocycles. The second-order valence-corrected chi connectivity index (χ2v) is 9.73. The third kappa shape index (κ3) is 6.68. The van der Waals surface area contributed by atoms with Gasteiger partial charge in [0.25, 0.3) is 11.5 Å². The fourth-order valence-corrected chi connectivity index (χ4v) is 4.37. The van der Waals surface area contributed by atoms with Gasteiger partial charge in [-0.25, -0.2) is 19.7 Å². The molecule has 2 aromatic heterocycles. The summed E-state index contributed by atoms with van der Waals surface area (Å²) in [5.74, 6) is -1.09. The average molecular weight is 567 g/mol. The fraction of sp³-hybridized carbons (Fsp3) is 0.286. The molecule has 0 bridgehead atoms. The Labute approximate surface area is 231 Å². The highest BCUT2D eigenvalue weighted by Gasteiger charge is 2.38. The maximum atomic E-state index is 12.5. The number of hydrogen-bond acceptors (Lipinski definition) is 7. The molecule has 3 heterocycles. The number of likely N-dealkylation sites (tertiary alicyclic amines) is 1. The maximum absolute atomic E-state index is 12.5. The van der Waals surface area contributed by atoms with Crippen LogP contribution in [0.1, 0.15) is 47.8 Å². The Morgan fingerprint density at radius 3 is 2.32 bits per heavy atom. The van der Waals surface area contributed by atoms with Crippen LogP contribution in [0.25, 0.3) is 22.2 Å². The summed E-state index contributed by atoms with van der Waals surface area (Å²) in [5.41, 5.74) is 3.66. The molecule has 2 aliphatic rings. The number of aliphatic carboxylic acids is 1. The van der Waals surface area contributed by atoms with Gasteiger partial charge in [-0.05, 0) is 68.1 Å². The number of halogens is 3. The van der Waals surface area contributed by atoms with Gasteiger partial charge in [0, 0.05) is 42.0 Å². The second kappa shape index (κ2) is 11.4. The summed E-state index contributed by atoms with van der Waals surface area (Å²) in [4.78, 5) is 52.3. The van der Waals surface area contributed by atoms with Crippen LogP contribution in [-0.4, -0.2) is 61.1 Å². The van der Waals surface area contributed by atoms with Crippen molar-refractivity contribution in [1.29, 1.82) is 0 Å². The van der Waals surface area contributed by atoms with E-state index in [1.54, 1.807) is 12.3 Å². The first-order valence-electron chi connectivity index (χ1n) is 12.9. The molecule has 6 rings (SSSR count). The van der Waals surface area contributed by atoms with Crippen molar-refractivity contribution in [2.45, 2.75) is 37.8 Å². The Morgan fingerprint density at radius 1 is 1.00 bits per heavy atom. The van der Waals surface area contributed by atoms with Gasteiger partial charge in [-0.15, -0.1) is 0 Å². The first kappa shape index (κ1) is 27.7. The van der Waals surface area contributed by atoms with Crippen LogP contribution >= 0.6 is 0 Å². The zero-order valence-corrected chi connectivity index (χ0v) is 21.6. The number of carbonyl (C=O) groups excluding carboxylic acids is 1. The SMILES string of the molecule is O=C(O)C(F)(F)F.O=C(c1ccc(Nc2nccc(-c3ccc4c(=O)[nH]c(C5CC5)nc4c3)n2)cc1)N1CCCC1. The Balaban J connectivity index is 0.000000431. The molecule has 3 N–H and O–H groups in total. The van der Waals surface area contributed by atoms with Gasteiger partial charge in [0.2, 0.25) is 5.95 Å². The largest absolute Gasteiger partial charge is 0.490 e. The third-order valence-corrected chi connectivity index (χ3v) is 6.66. The standard InChI is InChI=1S/C26H24N6O2.C2HF3O2/c33-24-20-10-7-18(15-22(20)29-23(31-24)16-3-4-16)21-11-12-27-26(30-21)28-19-8-5-17(6-9-19)25(34)32-13-1-2-14-32;3-2(4,5)1(6)7/h5-12,15-16H,1-4,13-14H2,(H,27,28,30)(H,29,31,33);(H,6,7). The predicted octanol–water partition coefficient (Wildman–Crippen LogP) is 4.87. The lowest BCUT2D eigenvalue weighted by molar-refractivity contribution is -0.192. The van der Waals surface area contributed by atoms with Crippen LogP contribution in [-0.2, 0) is 4.79 Å². The molecule has 1 saturated carbocycles. The number of carbonyl (C=O) groups is 2. The molecule has 2 aromatic carbocycles. The number of benzene rings is 2. The lowest BCUT2D eigenvalue weighted by atomic mass is 10.1. The van der Waals surface area contributed by atoms with E-state index < -0.39 is 12.1 Å². The van der Waals surface area contributed by atoms with E-state index in [1.807, 2.05) is 47.4 Å². The molecule has 0 radical (unpaired) electrons. The number of H-pyrrole nitrogens is 1. The van der Waals surface area contributed by atoms with E-state index in [2.05, 4.69) is 25.3 Å². The van der Waals surface area contributed by atoms with Crippen molar-refractivity contribution in [3.05, 3.63) is 76.5 Å². The molecule has 10 nitrogen and oxygen atoms in total. The summed E-state index contributed by atoms with van der Waals surface area (Å²) in [6, 6.07) is 14.8. The summed E-state index contributed by atoms with van der Waals surface area (Å²) >= 11 is 0. The molecule has 0 atom stereocenters. The Kier molecular flexibility index (Phi) is 7.68. The Bertz CT molecular complexity index is 1650. The number of nitrogens with zero attached hydrogens (tertiary/aromatic N) is 4. The quantitative estimate of drug-likeness (QED) is 0.311. The number of nitrogens with one attached hydrogen (secondary N) is 2. The highest BCUT2D eigenvalue weighted by Crippen LogP contribution is 2.38. The topological polar surface area (TPSA) is 141 Å². The summed E-state index contributed by atoms with van der Waals surface area (Å²) in [7, 11) is 0. The first-order valence-corrected chi connectivity index (χ1v) is 12.9. The zero-order chi connectivity index (χ0) is 29.1. The van der Waals surface area contributed by atoms with Crippen LogP contribution in [0.5, 0.6) is 0 Å². The summed E-state index contributed by atoms with van der Waals surface area (Å²) in [5, 5.41) is 10.9. The molecular formula is C28H25F3N6O4. The number of alkyl halides is 3. The van der Waals surface area contributed by atoms with E-state index in [1.165, 1.54) is 0 Å². The Morgan fingerprint density at radius 2 is 1.68 bits per heavy atom. The highest BCUT2D eigenvalue weighted by molar-refractivity contribution is 5.94. The normalized spacial score (nSPS) is 14.9. The minimum Gasteiger partial charge on any atom is -0.475 e. The monoisotopic (exact) mass is 566 g/mol. The van der Waals surface area contributed by atoms with Gasteiger partial charge >= 0.3 is 12.1 Å². The van der Waals surface area contributed by atoms with E-state index in [4.69, 9.17) is 9.90 Å². The van der Waals surface area contributed by atoms with E-state index in [0.29, 0.717) is 28.3 Å². The number of aromatic amines is 1. The number of amides is 1. The van der Waals surface area contributed by atoms with E-state index in [-0.39, 0.29) is 11.5 Å². The fourth-order valence-electron chi connectivity index (χ4n) is 4.37. The minimum absolute atomic E-state index is 0.0795. The lowest BCUT2D eigenvalue weighted by Gasteiger charge is -2.15. The summed E-state index contributed by atoms with van der Waals surface area (Å²) < 4.78 is 31.7. The van der Waals surface area contributed by atoms with Crippen LogP contribution in [0.3, 0.4) is 0 Å². The molecule has 13 heteroatoms. The molecule has 4 aromatic rings. The van der Waals surface area contributed by atoms with Crippen molar-refractivity contribution in [3.8, 4) is 11.3 Å². The Hall–Kier alpha value is -4.81. The van der Waals surface area contributed by atoms with E-state index >= 15 is 0 Å². The van der Waals surface area contributed by atoms with Crippen LogP contribution < -0.4 is 10.9 Å². The van der Waals surface area contributed by atoms with Crippen molar-refractivity contribution >= 4 is 34.4 Å². The van der Waals surface area contributed by atoms with Crippen molar-refractivity contribution in [3.63, 3.8) is 0 Å². The predicted molar refractivity (Wildman–Crippen MR) is 144 cm³/mol. The molecule has 41 heavy (non-hydrogen) atoms. The highest BCUT2D eigenvalue weighted by atomic mass is 19.4. The van der Waals surface area contributed by atoms with Crippen molar-refractivity contribution in [2.24, 2.45) is 0 Å². The first-order chi connectivity index (χ1) is 19.6. The third-order valence-electron chi connectivity index (χ3n) is 6.66. The minimum atomic E-state index is -5.08. The maximum Gasteiger partial charge on any atom is 0.490 e. The molecule has 1 amide bonds. The van der Waals surface area contributed by atoms with Crippen molar-refractivity contribution in [2.75, 3.05) is 18.4 Å². The van der Waals surface area contributed by atoms with Gasteiger partial charge in [0.05, 0.1) is 16.6 Å². The summed E-state index contributed by atoms with van der Waals surface area (Å²) in [6.45, 7) is 1.67. The average Bonchev–Trinajstić information content (AvgIpc) is 3.66. The van der Waals surface area contributed by atoms with Gasteiger partial charge in [-0.2, -0.15) is 13.2 Å². The number of carboxylic acid groups (broad SMARTS) is 1. The molecule has 1 aliphatic carbocycles.